The minimum Gasteiger partial charge on any atom is -0.393 e. The average Bonchev–Trinajstić information content (AvgIpc) is 2.73. The fraction of sp³-hybridized carbons (Fsp3) is 0.462. The number of hydrogen-bond acceptors (Lipinski definition) is 3. The van der Waals surface area contributed by atoms with Crippen molar-refractivity contribution in [3.8, 4) is 0 Å². The molecule has 1 aromatic carbocycles. The zero-order valence-corrected chi connectivity index (χ0v) is 9.48. The summed E-state index contributed by atoms with van der Waals surface area (Å²) in [5, 5.41) is 12.1. The molecule has 0 radical (unpaired) electrons. The third kappa shape index (κ3) is 2.06. The van der Waals surface area contributed by atoms with Crippen LogP contribution in [-0.4, -0.2) is 23.2 Å². The van der Waals surface area contributed by atoms with Gasteiger partial charge in [-0.2, -0.15) is 0 Å². The summed E-state index contributed by atoms with van der Waals surface area (Å²) in [6.07, 6.45) is 1.09. The number of aliphatic hydroxyl groups is 1. The van der Waals surface area contributed by atoms with Gasteiger partial charge in [0.1, 0.15) is 0 Å². The molecule has 17 heavy (non-hydrogen) atoms. The van der Waals surface area contributed by atoms with Gasteiger partial charge in [-0.15, -0.1) is 0 Å². The summed E-state index contributed by atoms with van der Waals surface area (Å²) in [5.41, 5.74) is 2.95. The van der Waals surface area contributed by atoms with Crippen molar-refractivity contribution in [1.29, 1.82) is 0 Å². The van der Waals surface area contributed by atoms with Gasteiger partial charge in [0.05, 0.1) is 19.3 Å². The predicted octanol–water partition coefficient (Wildman–Crippen LogP) is 0.970. The van der Waals surface area contributed by atoms with E-state index >= 15 is 0 Å². The van der Waals surface area contributed by atoms with E-state index in [1.54, 1.807) is 0 Å². The maximum absolute atomic E-state index is 11.9. The van der Waals surface area contributed by atoms with Crippen LogP contribution < -0.4 is 5.32 Å². The SMILES string of the molecule is O=C(NC1CC(O)C1)c1ccc2c(c1)COC2. The minimum atomic E-state index is -0.242. The van der Waals surface area contributed by atoms with E-state index in [1.807, 2.05) is 18.2 Å². The molecular weight excluding hydrogens is 218 g/mol. The molecule has 1 amide bonds. The van der Waals surface area contributed by atoms with Crippen molar-refractivity contribution in [2.24, 2.45) is 0 Å². The van der Waals surface area contributed by atoms with E-state index in [0.717, 1.165) is 5.56 Å². The van der Waals surface area contributed by atoms with Crippen LogP contribution in [0.2, 0.25) is 0 Å². The maximum Gasteiger partial charge on any atom is 0.251 e. The molecule has 3 rings (SSSR count). The summed E-state index contributed by atoms with van der Waals surface area (Å²) in [4.78, 5) is 11.9. The fourth-order valence-corrected chi connectivity index (χ4v) is 2.29. The lowest BCUT2D eigenvalue weighted by Gasteiger charge is -2.31. The largest absolute Gasteiger partial charge is 0.393 e. The molecule has 1 aliphatic carbocycles. The topological polar surface area (TPSA) is 58.6 Å². The normalized spacial score (nSPS) is 26.2. The van der Waals surface area contributed by atoms with E-state index in [1.165, 1.54) is 5.56 Å². The summed E-state index contributed by atoms with van der Waals surface area (Å²) in [6, 6.07) is 5.80. The first-order valence-electron chi connectivity index (χ1n) is 5.91. The maximum atomic E-state index is 11.9. The van der Waals surface area contributed by atoms with Gasteiger partial charge in [0.15, 0.2) is 0 Å². The van der Waals surface area contributed by atoms with Crippen molar-refractivity contribution >= 4 is 5.91 Å². The first-order chi connectivity index (χ1) is 8.22. The number of nitrogens with one attached hydrogen (secondary N) is 1. The van der Waals surface area contributed by atoms with Crippen LogP contribution in [0.4, 0.5) is 0 Å². The molecule has 4 heteroatoms. The van der Waals surface area contributed by atoms with Crippen LogP contribution in [0.25, 0.3) is 0 Å². The zero-order chi connectivity index (χ0) is 11.8. The summed E-state index contributed by atoms with van der Waals surface area (Å²) in [6.45, 7) is 1.24. The Morgan fingerprint density at radius 2 is 2.06 bits per heavy atom. The third-order valence-corrected chi connectivity index (χ3v) is 3.43. The number of aliphatic hydroxyl groups excluding tert-OH is 1. The van der Waals surface area contributed by atoms with Crippen molar-refractivity contribution in [3.05, 3.63) is 34.9 Å². The Bertz CT molecular complexity index is 452. The molecule has 1 heterocycles. The van der Waals surface area contributed by atoms with Gasteiger partial charge < -0.3 is 15.2 Å². The third-order valence-electron chi connectivity index (χ3n) is 3.43. The van der Waals surface area contributed by atoms with Crippen LogP contribution in [0.1, 0.15) is 34.3 Å². The Labute approximate surface area is 99.6 Å². The van der Waals surface area contributed by atoms with Gasteiger partial charge in [-0.05, 0) is 36.1 Å². The molecule has 1 saturated carbocycles. The molecule has 1 aromatic rings. The van der Waals surface area contributed by atoms with E-state index in [-0.39, 0.29) is 18.1 Å². The van der Waals surface area contributed by atoms with Crippen molar-refractivity contribution in [3.63, 3.8) is 0 Å². The molecular formula is C13H15NO3. The quantitative estimate of drug-likeness (QED) is 0.800. The molecule has 4 nitrogen and oxygen atoms in total. The highest BCUT2D eigenvalue weighted by Crippen LogP contribution is 2.22. The molecule has 0 unspecified atom stereocenters. The van der Waals surface area contributed by atoms with E-state index in [4.69, 9.17) is 9.84 Å². The highest BCUT2D eigenvalue weighted by molar-refractivity contribution is 5.94. The number of rotatable bonds is 2. The van der Waals surface area contributed by atoms with Crippen LogP contribution in [-0.2, 0) is 18.0 Å². The fourth-order valence-electron chi connectivity index (χ4n) is 2.29. The molecule has 90 valence electrons. The Balaban J connectivity index is 1.69. The number of amides is 1. The number of fused-ring (bicyclic) bond motifs is 1. The van der Waals surface area contributed by atoms with Crippen molar-refractivity contribution < 1.29 is 14.6 Å². The number of carbonyl (C=O) groups is 1. The zero-order valence-electron chi connectivity index (χ0n) is 9.48. The van der Waals surface area contributed by atoms with Crippen LogP contribution in [0.3, 0.4) is 0 Å². The van der Waals surface area contributed by atoms with Crippen molar-refractivity contribution in [2.75, 3.05) is 0 Å². The van der Waals surface area contributed by atoms with Gasteiger partial charge in [-0.3, -0.25) is 4.79 Å². The van der Waals surface area contributed by atoms with Crippen LogP contribution in [0.15, 0.2) is 18.2 Å². The second-order valence-corrected chi connectivity index (χ2v) is 4.77. The first kappa shape index (κ1) is 10.7. The number of benzene rings is 1. The average molecular weight is 233 g/mol. The lowest BCUT2D eigenvalue weighted by Crippen LogP contribution is -2.46. The van der Waals surface area contributed by atoms with Crippen LogP contribution >= 0.6 is 0 Å². The standard InChI is InChI=1S/C13H15NO3/c15-12-4-11(5-12)14-13(16)8-1-2-9-6-17-7-10(9)3-8/h1-3,11-12,15H,4-7H2,(H,14,16). The Morgan fingerprint density at radius 1 is 1.29 bits per heavy atom. The van der Waals surface area contributed by atoms with E-state index < -0.39 is 0 Å². The van der Waals surface area contributed by atoms with Gasteiger partial charge >= 0.3 is 0 Å². The molecule has 0 aromatic heterocycles. The van der Waals surface area contributed by atoms with Gasteiger partial charge in [-0.1, -0.05) is 6.07 Å². The first-order valence-corrected chi connectivity index (χ1v) is 5.91. The Kier molecular flexibility index (Phi) is 2.61. The molecule has 1 fully saturated rings. The van der Waals surface area contributed by atoms with Crippen LogP contribution in [0.5, 0.6) is 0 Å². The van der Waals surface area contributed by atoms with Gasteiger partial charge in [0.25, 0.3) is 5.91 Å². The summed E-state index contributed by atoms with van der Waals surface area (Å²) in [7, 11) is 0. The predicted molar refractivity (Wildman–Crippen MR) is 61.4 cm³/mol. The second-order valence-electron chi connectivity index (χ2n) is 4.77. The minimum absolute atomic E-state index is 0.0587. The number of carbonyl (C=O) groups excluding carboxylic acids is 1. The van der Waals surface area contributed by atoms with Gasteiger partial charge in [0.2, 0.25) is 0 Å². The van der Waals surface area contributed by atoms with E-state index in [2.05, 4.69) is 5.32 Å². The van der Waals surface area contributed by atoms with E-state index in [9.17, 15) is 4.79 Å². The molecule has 0 bridgehead atoms. The lowest BCUT2D eigenvalue weighted by molar-refractivity contribution is 0.0562. The number of ether oxygens (including phenoxy) is 1. The van der Waals surface area contributed by atoms with Crippen LogP contribution in [0, 0.1) is 0 Å². The molecule has 2 N–H and O–H groups in total. The molecule has 0 spiro atoms. The summed E-state index contributed by atoms with van der Waals surface area (Å²) >= 11 is 0. The molecule has 0 atom stereocenters. The monoisotopic (exact) mass is 233 g/mol. The number of hydrogen-bond donors (Lipinski definition) is 2. The summed E-state index contributed by atoms with van der Waals surface area (Å²) in [5.74, 6) is -0.0587. The lowest BCUT2D eigenvalue weighted by atomic mass is 9.89. The molecule has 2 aliphatic rings. The molecule has 0 saturated heterocycles. The van der Waals surface area contributed by atoms with Crippen molar-refractivity contribution in [2.45, 2.75) is 38.2 Å². The van der Waals surface area contributed by atoms with Gasteiger partial charge in [-0.25, -0.2) is 0 Å². The smallest absolute Gasteiger partial charge is 0.251 e. The van der Waals surface area contributed by atoms with Crippen molar-refractivity contribution in [1.82, 2.24) is 5.32 Å². The van der Waals surface area contributed by atoms with E-state index in [0.29, 0.717) is 31.6 Å². The van der Waals surface area contributed by atoms with Gasteiger partial charge in [0, 0.05) is 11.6 Å². The summed E-state index contributed by atoms with van der Waals surface area (Å²) < 4.78 is 5.31. The Hall–Kier alpha value is -1.39. The highest BCUT2D eigenvalue weighted by Gasteiger charge is 2.28. The second kappa shape index (κ2) is 4.13. The molecule has 1 aliphatic heterocycles. The Morgan fingerprint density at radius 3 is 2.82 bits per heavy atom. The highest BCUT2D eigenvalue weighted by atomic mass is 16.5.